The Morgan fingerprint density at radius 1 is 1.23 bits per heavy atom. The summed E-state index contributed by atoms with van der Waals surface area (Å²) in [7, 11) is 0. The number of hydrogen-bond acceptors (Lipinski definition) is 4. The first kappa shape index (κ1) is 18.5. The average Bonchev–Trinajstić information content (AvgIpc) is 3.31. The van der Waals surface area contributed by atoms with Gasteiger partial charge in [-0.1, -0.05) is 17.9 Å². The number of nitrogens with zero attached hydrogens (tertiary/aromatic N) is 5. The number of carbonyl (C=O) groups is 1. The van der Waals surface area contributed by atoms with Crippen molar-refractivity contribution in [3.63, 3.8) is 0 Å². The number of benzene rings is 2. The molecule has 2 aromatic carbocycles. The number of alkyl halides is 3. The number of amides is 1. The Morgan fingerprint density at radius 3 is 2.80 bits per heavy atom. The number of carbonyl (C=O) groups excluding carboxylic acids is 1. The Labute approximate surface area is 203 Å². The summed E-state index contributed by atoms with van der Waals surface area (Å²) in [6, 6.07) is 10.8. The molecule has 4 heterocycles. The number of rotatable bonds is 1. The summed E-state index contributed by atoms with van der Waals surface area (Å²) in [6.45, 7) is -3.30. The van der Waals surface area contributed by atoms with Crippen LogP contribution in [0.2, 0.25) is 0 Å². The maximum atomic E-state index is 13.7. The number of imidazole rings is 1. The Balaban J connectivity index is 1.47. The van der Waals surface area contributed by atoms with Crippen LogP contribution in [0.5, 0.6) is 0 Å². The van der Waals surface area contributed by atoms with Crippen LogP contribution < -0.4 is 0 Å². The van der Waals surface area contributed by atoms with Crippen LogP contribution in [-0.4, -0.2) is 58.0 Å². The van der Waals surface area contributed by atoms with Gasteiger partial charge < -0.3 is 9.47 Å². The number of halogens is 3. The van der Waals surface area contributed by atoms with Gasteiger partial charge in [-0.3, -0.25) is 9.69 Å². The van der Waals surface area contributed by atoms with E-state index < -0.39 is 37.7 Å². The third kappa shape index (κ3) is 3.46. The van der Waals surface area contributed by atoms with Crippen molar-refractivity contribution in [3.05, 3.63) is 64.5 Å². The van der Waals surface area contributed by atoms with Gasteiger partial charge in [-0.15, -0.1) is 0 Å². The van der Waals surface area contributed by atoms with Gasteiger partial charge in [0.2, 0.25) is 0 Å². The quantitative estimate of drug-likeness (QED) is 0.498. The van der Waals surface area contributed by atoms with Gasteiger partial charge in [0.05, 0.1) is 41.3 Å². The molecule has 2 atom stereocenters. The fraction of sp³-hybridized carbons (Fsp3) is 0.346. The Morgan fingerprint density at radius 2 is 2.06 bits per heavy atom. The maximum absolute atomic E-state index is 13.7. The predicted octanol–water partition coefficient (Wildman–Crippen LogP) is 3.87. The molecule has 3 aliphatic rings. The smallest absolute Gasteiger partial charge is 0.331 e. The number of likely N-dealkylation sites (tertiary alicyclic amines) is 1. The third-order valence-electron chi connectivity index (χ3n) is 6.87. The van der Waals surface area contributed by atoms with Gasteiger partial charge >= 0.3 is 6.18 Å². The number of nitriles is 1. The highest BCUT2D eigenvalue weighted by Gasteiger charge is 2.44. The first-order chi connectivity index (χ1) is 17.9. The van der Waals surface area contributed by atoms with E-state index in [9.17, 15) is 23.2 Å². The van der Waals surface area contributed by atoms with E-state index >= 15 is 0 Å². The van der Waals surface area contributed by atoms with Crippen LogP contribution in [0.4, 0.5) is 13.2 Å². The maximum Gasteiger partial charge on any atom is 0.401 e. The lowest BCUT2D eigenvalue weighted by Gasteiger charge is -2.36. The first-order valence-electron chi connectivity index (χ1n) is 12.6. The summed E-state index contributed by atoms with van der Waals surface area (Å²) in [5.74, 6) is 5.67. The molecule has 3 aliphatic heterocycles. The van der Waals surface area contributed by atoms with Crippen molar-refractivity contribution < 1.29 is 22.1 Å². The number of hydrogen-bond donors (Lipinski definition) is 0. The minimum Gasteiger partial charge on any atom is -0.331 e. The molecule has 3 aromatic rings. The van der Waals surface area contributed by atoms with E-state index in [2.05, 4.69) is 22.9 Å². The van der Waals surface area contributed by atoms with Crippen LogP contribution in [0, 0.1) is 29.1 Å². The molecular formula is C26H20F3N5O. The molecular weight excluding hydrogens is 455 g/mol. The molecule has 1 fully saturated rings. The molecule has 1 aromatic heterocycles. The van der Waals surface area contributed by atoms with Crippen LogP contribution in [0.25, 0.3) is 11.0 Å². The van der Waals surface area contributed by atoms with Crippen molar-refractivity contribution in [3.8, 4) is 17.9 Å². The van der Waals surface area contributed by atoms with Crippen molar-refractivity contribution in [2.45, 2.75) is 24.7 Å². The molecule has 1 amide bonds. The molecule has 2 bridgehead atoms. The van der Waals surface area contributed by atoms with E-state index in [1.54, 1.807) is 36.4 Å². The molecule has 0 spiro atoms. The predicted molar refractivity (Wildman–Crippen MR) is 121 cm³/mol. The third-order valence-corrected chi connectivity index (χ3v) is 6.87. The monoisotopic (exact) mass is 478 g/mol. The highest BCUT2D eigenvalue weighted by molar-refractivity contribution is 5.97. The van der Waals surface area contributed by atoms with E-state index in [4.69, 9.17) is 4.11 Å². The highest BCUT2D eigenvalue weighted by Crippen LogP contribution is 2.48. The van der Waals surface area contributed by atoms with Crippen LogP contribution in [0.15, 0.2) is 36.4 Å². The average molecular weight is 478 g/mol. The summed E-state index contributed by atoms with van der Waals surface area (Å²) in [5.41, 5.74) is 2.96. The second kappa shape index (κ2) is 7.59. The topological polar surface area (TPSA) is 65.2 Å². The normalized spacial score (nSPS) is 23.2. The molecule has 1 saturated heterocycles. The molecule has 0 radical (unpaired) electrons. The van der Waals surface area contributed by atoms with E-state index in [1.165, 1.54) is 4.90 Å². The van der Waals surface area contributed by atoms with Gasteiger partial charge in [-0.25, -0.2) is 4.98 Å². The number of aromatic nitrogens is 2. The van der Waals surface area contributed by atoms with Gasteiger partial charge in [0.15, 0.2) is 0 Å². The Bertz CT molecular complexity index is 1590. The van der Waals surface area contributed by atoms with Crippen molar-refractivity contribution >= 4 is 16.9 Å². The zero-order valence-electron chi connectivity index (χ0n) is 21.3. The molecule has 0 N–H and O–H groups in total. The molecule has 0 unspecified atom stereocenters. The standard InChI is InChI=1S/C26H20F3N5O/c1-32-22-10-21(34-20-9-15(11-30)6-8-19(20)31-24(22)34)23-17(3-2-4-18(23)25(32)35)7-5-16-12-33(13-16)14-26(27,28)29/h2-4,6,8-9,16,21-22H,10,12-14H2,1H3/t21-,22-/m1/s1/i1D3. The van der Waals surface area contributed by atoms with Crippen molar-refractivity contribution in [1.29, 1.82) is 5.26 Å². The van der Waals surface area contributed by atoms with Crippen molar-refractivity contribution in [2.75, 3.05) is 26.6 Å². The lowest BCUT2D eigenvalue weighted by Crippen LogP contribution is -2.49. The van der Waals surface area contributed by atoms with Crippen molar-refractivity contribution in [2.24, 2.45) is 5.92 Å². The van der Waals surface area contributed by atoms with E-state index in [1.807, 2.05) is 4.57 Å². The Hall–Kier alpha value is -3.82. The highest BCUT2D eigenvalue weighted by atomic mass is 19.4. The molecule has 0 saturated carbocycles. The van der Waals surface area contributed by atoms with Crippen LogP contribution in [0.3, 0.4) is 0 Å². The SMILES string of the molecule is [2H]C([2H])([2H])N1C(=O)c2cccc(C#CC3CN(CC(F)(F)F)C3)c2[C@H]2C[C@@H]1c1nc3ccc(C#N)cc3n12. The first-order valence-corrected chi connectivity index (χ1v) is 11.1. The van der Waals surface area contributed by atoms with Crippen LogP contribution in [0.1, 0.15) is 55.5 Å². The van der Waals surface area contributed by atoms with E-state index in [0.717, 1.165) is 4.90 Å². The lowest BCUT2D eigenvalue weighted by molar-refractivity contribution is -0.156. The second-order valence-corrected chi connectivity index (χ2v) is 9.14. The summed E-state index contributed by atoms with van der Waals surface area (Å²) in [6.07, 6.45) is -3.99. The molecule has 6 rings (SSSR count). The molecule has 176 valence electrons. The summed E-state index contributed by atoms with van der Waals surface area (Å²) < 4.78 is 64.2. The zero-order valence-corrected chi connectivity index (χ0v) is 18.3. The minimum absolute atomic E-state index is 0.200. The molecule has 9 heteroatoms. The molecule has 35 heavy (non-hydrogen) atoms. The van der Waals surface area contributed by atoms with E-state index in [-0.39, 0.29) is 31.0 Å². The summed E-state index contributed by atoms with van der Waals surface area (Å²) in [4.78, 5) is 20.5. The number of fused-ring (bicyclic) bond motifs is 9. The second-order valence-electron chi connectivity index (χ2n) is 9.14. The largest absolute Gasteiger partial charge is 0.401 e. The fourth-order valence-corrected chi connectivity index (χ4v) is 5.35. The minimum atomic E-state index is -4.26. The fourth-order valence-electron chi connectivity index (χ4n) is 5.35. The van der Waals surface area contributed by atoms with Crippen LogP contribution in [-0.2, 0) is 0 Å². The van der Waals surface area contributed by atoms with Gasteiger partial charge in [0.1, 0.15) is 5.82 Å². The van der Waals surface area contributed by atoms with Crippen LogP contribution >= 0.6 is 0 Å². The van der Waals surface area contributed by atoms with Gasteiger partial charge in [-0.2, -0.15) is 18.4 Å². The summed E-state index contributed by atoms with van der Waals surface area (Å²) >= 11 is 0. The lowest BCUT2D eigenvalue weighted by atomic mass is 9.92. The van der Waals surface area contributed by atoms with Gasteiger partial charge in [0.25, 0.3) is 5.91 Å². The van der Waals surface area contributed by atoms with Gasteiger partial charge in [-0.05, 0) is 30.3 Å². The van der Waals surface area contributed by atoms with E-state index in [0.29, 0.717) is 33.5 Å². The zero-order chi connectivity index (χ0) is 27.0. The summed E-state index contributed by atoms with van der Waals surface area (Å²) in [5, 5.41) is 9.44. The molecule has 6 nitrogen and oxygen atoms in total. The van der Waals surface area contributed by atoms with Gasteiger partial charge in [0, 0.05) is 53.2 Å². The van der Waals surface area contributed by atoms with Crippen molar-refractivity contribution in [1.82, 2.24) is 19.4 Å². The molecule has 0 aliphatic carbocycles. The Kier molecular flexibility index (Phi) is 4.01.